The van der Waals surface area contributed by atoms with Crippen LogP contribution in [0.15, 0.2) is 48.8 Å². The number of halogens is 3. The summed E-state index contributed by atoms with van der Waals surface area (Å²) in [5, 5.41) is 6.72. The number of anilines is 1. The lowest BCUT2D eigenvalue weighted by Crippen LogP contribution is -2.23. The fourth-order valence-electron chi connectivity index (χ4n) is 3.53. The third-order valence-electron chi connectivity index (χ3n) is 4.98. The Morgan fingerprint density at radius 1 is 1.21 bits per heavy atom. The minimum atomic E-state index is -4.49. The van der Waals surface area contributed by atoms with E-state index in [0.29, 0.717) is 17.9 Å². The third-order valence-corrected chi connectivity index (χ3v) is 4.98. The second-order valence-corrected chi connectivity index (χ2v) is 6.84. The van der Waals surface area contributed by atoms with E-state index in [-0.39, 0.29) is 23.6 Å². The topological polar surface area (TPSA) is 61.9 Å². The first-order chi connectivity index (χ1) is 13.3. The molecule has 1 unspecified atom stereocenters. The van der Waals surface area contributed by atoms with Crippen LogP contribution in [0.25, 0.3) is 0 Å². The van der Waals surface area contributed by atoms with Crippen LogP contribution in [0, 0.1) is 0 Å². The molecule has 1 N–H and O–H groups in total. The molecule has 144 valence electrons. The van der Waals surface area contributed by atoms with Crippen LogP contribution in [0.4, 0.5) is 18.9 Å². The van der Waals surface area contributed by atoms with E-state index in [2.05, 4.69) is 15.2 Å². The number of fused-ring (bicyclic) bond motifs is 1. The van der Waals surface area contributed by atoms with Crippen LogP contribution in [0.1, 0.15) is 45.7 Å². The van der Waals surface area contributed by atoms with Gasteiger partial charge in [-0.15, -0.1) is 0 Å². The van der Waals surface area contributed by atoms with Gasteiger partial charge in [-0.2, -0.15) is 18.3 Å². The molecule has 8 heteroatoms. The molecule has 0 saturated carbocycles. The first-order valence-electron chi connectivity index (χ1n) is 8.80. The molecule has 0 bridgehead atoms. The van der Waals surface area contributed by atoms with Gasteiger partial charge in [0.1, 0.15) is 6.33 Å². The van der Waals surface area contributed by atoms with E-state index in [1.54, 1.807) is 12.1 Å². The van der Waals surface area contributed by atoms with Crippen molar-refractivity contribution in [3.05, 3.63) is 76.9 Å². The number of H-pyrrole nitrogens is 1. The highest BCUT2D eigenvalue weighted by Crippen LogP contribution is 2.38. The monoisotopic (exact) mass is 386 g/mol. The molecule has 1 amide bonds. The van der Waals surface area contributed by atoms with Gasteiger partial charge in [-0.1, -0.05) is 25.1 Å². The lowest BCUT2D eigenvalue weighted by atomic mass is 9.97. The van der Waals surface area contributed by atoms with Crippen molar-refractivity contribution in [2.24, 2.45) is 0 Å². The molecular weight excluding hydrogens is 369 g/mol. The van der Waals surface area contributed by atoms with E-state index >= 15 is 0 Å². The molecule has 1 aromatic heterocycles. The number of hydrogen-bond donors (Lipinski definition) is 1. The Hall–Kier alpha value is -3.16. The van der Waals surface area contributed by atoms with E-state index in [0.717, 1.165) is 11.6 Å². The molecule has 5 nitrogen and oxygen atoms in total. The van der Waals surface area contributed by atoms with Crippen molar-refractivity contribution in [2.75, 3.05) is 4.90 Å². The van der Waals surface area contributed by atoms with Gasteiger partial charge in [0.15, 0.2) is 5.82 Å². The average Bonchev–Trinajstić information content (AvgIpc) is 3.29. The van der Waals surface area contributed by atoms with Crippen LogP contribution in [-0.4, -0.2) is 21.1 Å². The van der Waals surface area contributed by atoms with Gasteiger partial charge in [-0.3, -0.25) is 9.89 Å². The minimum absolute atomic E-state index is 0.0270. The molecule has 0 radical (unpaired) electrons. The highest BCUT2D eigenvalue weighted by atomic mass is 19.4. The van der Waals surface area contributed by atoms with Gasteiger partial charge in [0.2, 0.25) is 0 Å². The number of rotatable bonds is 4. The van der Waals surface area contributed by atoms with Crippen molar-refractivity contribution in [1.29, 1.82) is 0 Å². The number of hydrogen-bond acceptors (Lipinski definition) is 3. The van der Waals surface area contributed by atoms with Crippen molar-refractivity contribution in [3.8, 4) is 0 Å². The second-order valence-electron chi connectivity index (χ2n) is 6.84. The second kappa shape index (κ2) is 6.78. The summed E-state index contributed by atoms with van der Waals surface area (Å²) < 4.78 is 39.9. The Kier molecular flexibility index (Phi) is 4.41. The molecular formula is C20H17F3N4O. The summed E-state index contributed by atoms with van der Waals surface area (Å²) in [6.45, 7) is 1.92. The van der Waals surface area contributed by atoms with Crippen LogP contribution in [-0.2, 0) is 19.1 Å². The van der Waals surface area contributed by atoms with Gasteiger partial charge in [0.05, 0.1) is 12.1 Å². The first kappa shape index (κ1) is 18.2. The van der Waals surface area contributed by atoms with Gasteiger partial charge < -0.3 is 4.90 Å². The average molecular weight is 386 g/mol. The largest absolute Gasteiger partial charge is 0.416 e. The van der Waals surface area contributed by atoms with E-state index in [1.807, 2.05) is 19.1 Å². The molecule has 0 spiro atoms. The number of amides is 1. The molecule has 3 aromatic rings. The Labute approximate surface area is 159 Å². The molecule has 1 atom stereocenters. The first-order valence-corrected chi connectivity index (χ1v) is 8.80. The fraction of sp³-hybridized carbons (Fsp3) is 0.250. The molecule has 2 heterocycles. The summed E-state index contributed by atoms with van der Waals surface area (Å²) in [5.74, 6) is 0.346. The highest BCUT2D eigenvalue weighted by molar-refractivity contribution is 6.10. The van der Waals surface area contributed by atoms with Gasteiger partial charge in [-0.05, 0) is 41.3 Å². The quantitative estimate of drug-likeness (QED) is 0.726. The van der Waals surface area contributed by atoms with E-state index in [9.17, 15) is 18.0 Å². The lowest BCUT2D eigenvalue weighted by Gasteiger charge is -2.19. The zero-order valence-corrected chi connectivity index (χ0v) is 15.0. The molecule has 0 fully saturated rings. The fourth-order valence-corrected chi connectivity index (χ4v) is 3.53. The molecule has 4 rings (SSSR count). The van der Waals surface area contributed by atoms with Crippen molar-refractivity contribution in [1.82, 2.24) is 15.2 Å². The van der Waals surface area contributed by atoms with Crippen molar-refractivity contribution < 1.29 is 18.0 Å². The predicted molar refractivity (Wildman–Crippen MR) is 96.9 cm³/mol. The molecule has 0 saturated heterocycles. The lowest BCUT2D eigenvalue weighted by molar-refractivity contribution is -0.138. The summed E-state index contributed by atoms with van der Waals surface area (Å²) >= 11 is 0. The zero-order valence-electron chi connectivity index (χ0n) is 15.0. The molecule has 1 aliphatic rings. The normalized spacial score (nSPS) is 15.0. The van der Waals surface area contributed by atoms with Crippen molar-refractivity contribution in [3.63, 3.8) is 0 Å². The molecule has 1 aliphatic heterocycles. The minimum Gasteiger partial charge on any atom is -0.304 e. The number of benzene rings is 2. The highest BCUT2D eigenvalue weighted by Gasteiger charge is 2.39. The number of carbonyl (C=O) groups is 1. The van der Waals surface area contributed by atoms with Gasteiger partial charge >= 0.3 is 6.18 Å². The molecule has 2 aromatic carbocycles. The van der Waals surface area contributed by atoms with E-state index in [1.165, 1.54) is 23.4 Å². The third kappa shape index (κ3) is 3.26. The number of alkyl halides is 3. The van der Waals surface area contributed by atoms with Crippen molar-refractivity contribution >= 4 is 11.6 Å². The summed E-state index contributed by atoms with van der Waals surface area (Å²) in [7, 11) is 0. The standard InChI is InChI=1S/C20H17F3N4O/c1-12(8-18-24-11-25-26-18)13-4-2-5-14(9-13)27-10-16-15(19(27)28)6-3-7-17(16)20(21,22)23/h2-7,9,11-12H,8,10H2,1H3,(H,24,25,26). The number of aromatic amines is 1. The summed E-state index contributed by atoms with van der Waals surface area (Å²) in [5.41, 5.74) is 0.916. The smallest absolute Gasteiger partial charge is 0.304 e. The van der Waals surface area contributed by atoms with Crippen molar-refractivity contribution in [2.45, 2.75) is 32.0 Å². The summed E-state index contributed by atoms with van der Waals surface area (Å²) in [6.07, 6.45) is -2.37. The SMILES string of the molecule is CC(Cc1nc[nH]n1)c1cccc(N2Cc3c(cccc3C(F)(F)F)C2=O)c1. The van der Waals surface area contributed by atoms with Gasteiger partial charge in [-0.25, -0.2) is 4.98 Å². The maximum absolute atomic E-state index is 13.3. The number of carbonyl (C=O) groups excluding carboxylic acids is 1. The maximum Gasteiger partial charge on any atom is 0.416 e. The van der Waals surface area contributed by atoms with E-state index < -0.39 is 17.6 Å². The van der Waals surface area contributed by atoms with Crippen LogP contribution < -0.4 is 4.90 Å². The van der Waals surface area contributed by atoms with Crippen LogP contribution in [0.2, 0.25) is 0 Å². The Morgan fingerprint density at radius 2 is 2.00 bits per heavy atom. The zero-order chi connectivity index (χ0) is 19.9. The summed E-state index contributed by atoms with van der Waals surface area (Å²) in [4.78, 5) is 18.3. The van der Waals surface area contributed by atoms with Gasteiger partial charge in [0, 0.05) is 17.7 Å². The van der Waals surface area contributed by atoms with Gasteiger partial charge in [0.25, 0.3) is 5.91 Å². The Balaban J connectivity index is 1.63. The van der Waals surface area contributed by atoms with E-state index in [4.69, 9.17) is 0 Å². The Morgan fingerprint density at radius 3 is 2.71 bits per heavy atom. The predicted octanol–water partition coefficient (Wildman–Crippen LogP) is 4.33. The number of nitrogens with one attached hydrogen (secondary N) is 1. The van der Waals surface area contributed by atoms with Crippen LogP contribution >= 0.6 is 0 Å². The number of nitrogens with zero attached hydrogens (tertiary/aromatic N) is 3. The molecule has 28 heavy (non-hydrogen) atoms. The summed E-state index contributed by atoms with van der Waals surface area (Å²) in [6, 6.07) is 11.1. The van der Waals surface area contributed by atoms with Crippen LogP contribution in [0.3, 0.4) is 0 Å². The molecule has 0 aliphatic carbocycles. The van der Waals surface area contributed by atoms with Crippen LogP contribution in [0.5, 0.6) is 0 Å². The maximum atomic E-state index is 13.3. The number of aromatic nitrogens is 3. The Bertz CT molecular complexity index is 1010.